The Bertz CT molecular complexity index is 435. The van der Waals surface area contributed by atoms with Gasteiger partial charge in [0.15, 0.2) is 0 Å². The Morgan fingerprint density at radius 3 is 2.70 bits per heavy atom. The highest BCUT2D eigenvalue weighted by Crippen LogP contribution is 2.27. The van der Waals surface area contributed by atoms with E-state index >= 15 is 0 Å². The second kappa shape index (κ2) is 6.68. The minimum Gasteiger partial charge on any atom is -0.311 e. The molecule has 1 fully saturated rings. The van der Waals surface area contributed by atoms with Crippen LogP contribution in [0.1, 0.15) is 45.7 Å². The van der Waals surface area contributed by atoms with Crippen LogP contribution in [0.5, 0.6) is 0 Å². The summed E-state index contributed by atoms with van der Waals surface area (Å²) in [5, 5.41) is 3.64. The van der Waals surface area contributed by atoms with Gasteiger partial charge in [0.25, 0.3) is 0 Å². The van der Waals surface area contributed by atoms with Gasteiger partial charge in [-0.15, -0.1) is 0 Å². The zero-order valence-electron chi connectivity index (χ0n) is 13.1. The van der Waals surface area contributed by atoms with Gasteiger partial charge in [-0.05, 0) is 25.8 Å². The van der Waals surface area contributed by atoms with Crippen LogP contribution in [0.15, 0.2) is 24.3 Å². The monoisotopic (exact) mass is 278 g/mol. The molecule has 0 saturated carbocycles. The summed E-state index contributed by atoms with van der Waals surface area (Å²) < 4.78 is 14.0. The molecule has 0 amide bonds. The number of halogens is 1. The topological polar surface area (TPSA) is 15.3 Å². The number of rotatable bonds is 4. The van der Waals surface area contributed by atoms with E-state index in [2.05, 4.69) is 37.9 Å². The molecule has 1 aliphatic heterocycles. The maximum absolute atomic E-state index is 14.0. The molecule has 0 aliphatic carbocycles. The Morgan fingerprint density at radius 1 is 1.35 bits per heavy atom. The molecule has 20 heavy (non-hydrogen) atoms. The fraction of sp³-hybridized carbons (Fsp3) is 0.647. The summed E-state index contributed by atoms with van der Waals surface area (Å²) in [5.41, 5.74) is 0.809. The van der Waals surface area contributed by atoms with Crippen LogP contribution in [0.25, 0.3) is 0 Å². The van der Waals surface area contributed by atoms with Gasteiger partial charge in [0, 0.05) is 36.8 Å². The SMILES string of the molecule is CCC(C)C1CN(C(C)c2ccccc2F)C(C)CN1. The molecule has 112 valence electrons. The predicted octanol–water partition coefficient (Wildman–Crippen LogP) is 3.60. The Kier molecular flexibility index (Phi) is 5.17. The third kappa shape index (κ3) is 3.21. The molecule has 0 spiro atoms. The fourth-order valence-electron chi connectivity index (χ4n) is 3.11. The lowest BCUT2D eigenvalue weighted by atomic mass is 9.93. The molecule has 2 nitrogen and oxygen atoms in total. The van der Waals surface area contributed by atoms with Crippen molar-refractivity contribution >= 4 is 0 Å². The van der Waals surface area contributed by atoms with Crippen molar-refractivity contribution < 1.29 is 4.39 Å². The maximum Gasteiger partial charge on any atom is 0.127 e. The van der Waals surface area contributed by atoms with Gasteiger partial charge < -0.3 is 5.32 Å². The Morgan fingerprint density at radius 2 is 2.05 bits per heavy atom. The average Bonchev–Trinajstić information content (AvgIpc) is 2.46. The molecule has 1 aromatic carbocycles. The standard InChI is InChI=1S/C17H27FN2/c1-5-12(2)17-11-20(13(3)10-19-17)14(4)15-8-6-7-9-16(15)18/h6-9,12-14,17,19H,5,10-11H2,1-4H3. The van der Waals surface area contributed by atoms with E-state index in [1.54, 1.807) is 12.1 Å². The minimum absolute atomic E-state index is 0.0918. The maximum atomic E-state index is 14.0. The van der Waals surface area contributed by atoms with Crippen molar-refractivity contribution in [3.8, 4) is 0 Å². The van der Waals surface area contributed by atoms with Crippen LogP contribution in [0.4, 0.5) is 4.39 Å². The van der Waals surface area contributed by atoms with E-state index in [4.69, 9.17) is 0 Å². The molecule has 3 heteroatoms. The molecule has 1 N–H and O–H groups in total. The van der Waals surface area contributed by atoms with Gasteiger partial charge in [0.05, 0.1) is 0 Å². The quantitative estimate of drug-likeness (QED) is 0.905. The number of benzene rings is 1. The largest absolute Gasteiger partial charge is 0.311 e. The van der Waals surface area contributed by atoms with Crippen molar-refractivity contribution in [1.29, 1.82) is 0 Å². The summed E-state index contributed by atoms with van der Waals surface area (Å²) in [6, 6.07) is 8.22. The molecule has 1 aromatic rings. The highest BCUT2D eigenvalue weighted by atomic mass is 19.1. The Labute approximate surface area is 122 Å². The lowest BCUT2D eigenvalue weighted by Gasteiger charge is -2.44. The minimum atomic E-state index is -0.0918. The lowest BCUT2D eigenvalue weighted by molar-refractivity contribution is 0.0804. The summed E-state index contributed by atoms with van der Waals surface area (Å²) in [5.74, 6) is 0.559. The predicted molar refractivity (Wildman–Crippen MR) is 82.2 cm³/mol. The second-order valence-corrected chi connectivity index (χ2v) is 6.14. The van der Waals surface area contributed by atoms with E-state index in [1.165, 1.54) is 6.42 Å². The van der Waals surface area contributed by atoms with Gasteiger partial charge in [-0.1, -0.05) is 38.5 Å². The van der Waals surface area contributed by atoms with Crippen molar-refractivity contribution in [3.05, 3.63) is 35.6 Å². The number of hydrogen-bond donors (Lipinski definition) is 1. The molecule has 4 unspecified atom stereocenters. The van der Waals surface area contributed by atoms with E-state index in [0.29, 0.717) is 18.0 Å². The summed E-state index contributed by atoms with van der Waals surface area (Å²) >= 11 is 0. The van der Waals surface area contributed by atoms with Crippen LogP contribution in [-0.2, 0) is 0 Å². The number of nitrogens with one attached hydrogen (secondary N) is 1. The number of hydrogen-bond acceptors (Lipinski definition) is 2. The van der Waals surface area contributed by atoms with Gasteiger partial charge >= 0.3 is 0 Å². The first-order valence-corrected chi connectivity index (χ1v) is 7.78. The Balaban J connectivity index is 2.15. The smallest absolute Gasteiger partial charge is 0.127 e. The molecule has 2 rings (SSSR count). The van der Waals surface area contributed by atoms with Crippen molar-refractivity contribution in [2.45, 2.75) is 52.2 Å². The molecule has 0 radical (unpaired) electrons. The average molecular weight is 278 g/mol. The van der Waals surface area contributed by atoms with E-state index < -0.39 is 0 Å². The third-order valence-electron chi connectivity index (χ3n) is 4.83. The van der Waals surface area contributed by atoms with E-state index in [-0.39, 0.29) is 11.9 Å². The van der Waals surface area contributed by atoms with E-state index in [1.807, 2.05) is 12.1 Å². The lowest BCUT2D eigenvalue weighted by Crippen LogP contribution is -2.57. The van der Waals surface area contributed by atoms with E-state index in [0.717, 1.165) is 18.7 Å². The molecule has 1 saturated heterocycles. The van der Waals surface area contributed by atoms with Gasteiger partial charge in [-0.2, -0.15) is 0 Å². The number of nitrogens with zero attached hydrogens (tertiary/aromatic N) is 1. The van der Waals surface area contributed by atoms with Crippen molar-refractivity contribution in [2.75, 3.05) is 13.1 Å². The molecule has 4 atom stereocenters. The van der Waals surface area contributed by atoms with Crippen LogP contribution in [-0.4, -0.2) is 30.1 Å². The Hall–Kier alpha value is -0.930. The zero-order valence-corrected chi connectivity index (χ0v) is 13.1. The van der Waals surface area contributed by atoms with Crippen LogP contribution < -0.4 is 5.32 Å². The van der Waals surface area contributed by atoms with Crippen LogP contribution >= 0.6 is 0 Å². The highest BCUT2D eigenvalue weighted by Gasteiger charge is 2.31. The molecule has 1 heterocycles. The fourth-order valence-corrected chi connectivity index (χ4v) is 3.11. The summed E-state index contributed by atoms with van der Waals surface area (Å²) in [4.78, 5) is 2.44. The van der Waals surface area contributed by atoms with Gasteiger partial charge in [-0.3, -0.25) is 4.90 Å². The summed E-state index contributed by atoms with van der Waals surface area (Å²) in [6.45, 7) is 10.8. The highest BCUT2D eigenvalue weighted by molar-refractivity contribution is 5.21. The summed E-state index contributed by atoms with van der Waals surface area (Å²) in [6.07, 6.45) is 1.17. The van der Waals surface area contributed by atoms with Crippen LogP contribution in [0.2, 0.25) is 0 Å². The van der Waals surface area contributed by atoms with Crippen molar-refractivity contribution in [1.82, 2.24) is 10.2 Å². The molecular formula is C17H27FN2. The first kappa shape index (κ1) is 15.5. The van der Waals surface area contributed by atoms with Gasteiger partial charge in [0.1, 0.15) is 5.82 Å². The third-order valence-corrected chi connectivity index (χ3v) is 4.83. The molecular weight excluding hydrogens is 251 g/mol. The summed E-state index contributed by atoms with van der Waals surface area (Å²) in [7, 11) is 0. The first-order chi connectivity index (χ1) is 9.54. The molecule has 0 aromatic heterocycles. The van der Waals surface area contributed by atoms with Crippen molar-refractivity contribution in [3.63, 3.8) is 0 Å². The van der Waals surface area contributed by atoms with E-state index in [9.17, 15) is 4.39 Å². The second-order valence-electron chi connectivity index (χ2n) is 6.14. The molecule has 1 aliphatic rings. The van der Waals surface area contributed by atoms with Crippen LogP contribution in [0.3, 0.4) is 0 Å². The normalized spacial score (nSPS) is 27.2. The molecule has 0 bridgehead atoms. The number of piperazine rings is 1. The van der Waals surface area contributed by atoms with Crippen molar-refractivity contribution in [2.24, 2.45) is 5.92 Å². The first-order valence-electron chi connectivity index (χ1n) is 7.78. The zero-order chi connectivity index (χ0) is 14.7. The van der Waals surface area contributed by atoms with Gasteiger partial charge in [0.2, 0.25) is 0 Å². The van der Waals surface area contributed by atoms with Crippen LogP contribution in [0, 0.1) is 11.7 Å². The van der Waals surface area contributed by atoms with Gasteiger partial charge in [-0.25, -0.2) is 4.39 Å².